The summed E-state index contributed by atoms with van der Waals surface area (Å²) in [7, 11) is 0. The topological polar surface area (TPSA) is 55.1 Å². The third kappa shape index (κ3) is 2.85. The molecule has 27 heavy (non-hydrogen) atoms. The quantitative estimate of drug-likeness (QED) is 0.844. The first-order valence-corrected chi connectivity index (χ1v) is 11.1. The summed E-state index contributed by atoms with van der Waals surface area (Å²) >= 11 is 0. The Kier molecular flexibility index (Phi) is 4.16. The van der Waals surface area contributed by atoms with E-state index in [0.29, 0.717) is 29.8 Å². The van der Waals surface area contributed by atoms with Crippen molar-refractivity contribution in [1.29, 1.82) is 0 Å². The van der Waals surface area contributed by atoms with Gasteiger partial charge in [0.1, 0.15) is 0 Å². The summed E-state index contributed by atoms with van der Waals surface area (Å²) in [4.78, 5) is 13.6. The van der Waals surface area contributed by atoms with E-state index in [1.165, 1.54) is 18.4 Å². The fraction of sp³-hybridized carbons (Fsp3) is 0.708. The molecule has 0 spiro atoms. The highest BCUT2D eigenvalue weighted by atomic mass is 16.2. The van der Waals surface area contributed by atoms with Crippen LogP contribution in [0.15, 0.2) is 30.3 Å². The highest BCUT2D eigenvalue weighted by Crippen LogP contribution is 2.67. The van der Waals surface area contributed by atoms with Crippen molar-refractivity contribution >= 4 is 5.91 Å². The van der Waals surface area contributed by atoms with E-state index in [0.717, 1.165) is 50.9 Å². The van der Waals surface area contributed by atoms with Crippen LogP contribution >= 0.6 is 0 Å². The van der Waals surface area contributed by atoms with E-state index in [-0.39, 0.29) is 10.8 Å². The fourth-order valence-corrected chi connectivity index (χ4v) is 7.38. The molecule has 5 aliphatic carbocycles. The van der Waals surface area contributed by atoms with Gasteiger partial charge in [0.15, 0.2) is 0 Å². The van der Waals surface area contributed by atoms with Gasteiger partial charge in [-0.2, -0.15) is 0 Å². The Bertz CT molecular complexity index is 690. The Balaban J connectivity index is 1.41. The second-order valence-electron chi connectivity index (χ2n) is 10.4. The monoisotopic (exact) mass is 366 g/mol. The summed E-state index contributed by atoms with van der Waals surface area (Å²) in [5.41, 5.74) is 7.63. The van der Waals surface area contributed by atoms with Gasteiger partial charge >= 0.3 is 0 Å². The van der Waals surface area contributed by atoms with Crippen LogP contribution in [0.25, 0.3) is 0 Å². The van der Waals surface area contributed by atoms with E-state index in [1.807, 2.05) is 0 Å². The van der Waals surface area contributed by atoms with Crippen LogP contribution in [-0.2, 0) is 10.2 Å². The predicted octanol–water partition coefficient (Wildman–Crippen LogP) is 4.16. The zero-order valence-electron chi connectivity index (χ0n) is 16.6. The first-order valence-electron chi connectivity index (χ1n) is 11.1. The van der Waals surface area contributed by atoms with Crippen LogP contribution in [0, 0.1) is 23.2 Å². The van der Waals surface area contributed by atoms with Gasteiger partial charge in [0.05, 0.1) is 5.41 Å². The summed E-state index contributed by atoms with van der Waals surface area (Å²) < 4.78 is 0. The van der Waals surface area contributed by atoms with E-state index < -0.39 is 0 Å². The highest BCUT2D eigenvalue weighted by molar-refractivity contribution is 5.84. The van der Waals surface area contributed by atoms with Crippen molar-refractivity contribution in [2.45, 2.75) is 82.2 Å². The van der Waals surface area contributed by atoms with Gasteiger partial charge in [-0.3, -0.25) is 4.79 Å². The summed E-state index contributed by atoms with van der Waals surface area (Å²) in [5, 5.41) is 3.49. The van der Waals surface area contributed by atoms with E-state index in [9.17, 15) is 4.79 Å². The van der Waals surface area contributed by atoms with Gasteiger partial charge in [-0.25, -0.2) is 0 Å². The van der Waals surface area contributed by atoms with Gasteiger partial charge < -0.3 is 11.1 Å². The molecular formula is C24H34N2O. The lowest BCUT2D eigenvalue weighted by atomic mass is 9.40. The minimum Gasteiger partial charge on any atom is -0.353 e. The molecule has 6 rings (SSSR count). The van der Waals surface area contributed by atoms with Gasteiger partial charge in [0, 0.05) is 12.1 Å². The van der Waals surface area contributed by atoms with E-state index in [1.54, 1.807) is 0 Å². The molecule has 0 aromatic heterocycles. The van der Waals surface area contributed by atoms with Gasteiger partial charge in [0.25, 0.3) is 0 Å². The third-order valence-electron chi connectivity index (χ3n) is 8.75. The lowest BCUT2D eigenvalue weighted by molar-refractivity contribution is -0.157. The largest absolute Gasteiger partial charge is 0.353 e. The van der Waals surface area contributed by atoms with Crippen LogP contribution in [0.2, 0.25) is 0 Å². The second-order valence-corrected chi connectivity index (χ2v) is 10.4. The first kappa shape index (κ1) is 17.7. The lowest BCUT2D eigenvalue weighted by Crippen LogP contribution is -2.62. The van der Waals surface area contributed by atoms with E-state index in [4.69, 9.17) is 5.73 Å². The lowest BCUT2D eigenvalue weighted by Gasteiger charge is -2.64. The number of benzene rings is 1. The van der Waals surface area contributed by atoms with Crippen molar-refractivity contribution in [3.05, 3.63) is 35.9 Å². The summed E-state index contributed by atoms with van der Waals surface area (Å²) in [5.74, 6) is 2.55. The number of amides is 1. The van der Waals surface area contributed by atoms with Crippen molar-refractivity contribution < 1.29 is 4.79 Å². The van der Waals surface area contributed by atoms with Crippen LogP contribution in [-0.4, -0.2) is 18.0 Å². The summed E-state index contributed by atoms with van der Waals surface area (Å²) in [6, 6.07) is 11.8. The molecule has 5 saturated carbocycles. The molecule has 2 atom stereocenters. The molecule has 146 valence electrons. The van der Waals surface area contributed by atoms with E-state index in [2.05, 4.69) is 42.6 Å². The SMILES string of the molecule is CC1C2CC3(C(=O)NC4CCC(N)CC4)CC1CC(c1ccccc1)(C2)C3. The van der Waals surface area contributed by atoms with E-state index >= 15 is 0 Å². The zero-order valence-corrected chi connectivity index (χ0v) is 16.6. The average Bonchev–Trinajstić information content (AvgIpc) is 2.68. The zero-order chi connectivity index (χ0) is 18.6. The molecule has 3 heteroatoms. The second kappa shape index (κ2) is 6.34. The van der Waals surface area contributed by atoms with Gasteiger partial charge in [-0.05, 0) is 86.5 Å². The number of carbonyl (C=O) groups is 1. The third-order valence-corrected chi connectivity index (χ3v) is 8.75. The Morgan fingerprint density at radius 3 is 2.26 bits per heavy atom. The van der Waals surface area contributed by atoms with Crippen LogP contribution in [0.5, 0.6) is 0 Å². The molecule has 3 nitrogen and oxygen atoms in total. The minimum absolute atomic E-state index is 0.131. The number of rotatable bonds is 3. The standard InChI is InChI=1S/C24H34N2O/c1-16-17-11-23(19-5-3-2-4-6-19)12-18(16)14-24(13-17,15-23)22(27)26-21-9-7-20(25)8-10-21/h2-6,16-18,20-21H,7-15,25H2,1H3,(H,26,27). The van der Waals surface area contributed by atoms with Crippen LogP contribution in [0.4, 0.5) is 0 Å². The molecular weight excluding hydrogens is 332 g/mol. The molecule has 2 unspecified atom stereocenters. The molecule has 0 aliphatic heterocycles. The number of nitrogens with two attached hydrogens (primary N) is 1. The van der Waals surface area contributed by atoms with Crippen LogP contribution < -0.4 is 11.1 Å². The van der Waals surface area contributed by atoms with Crippen molar-refractivity contribution in [3.8, 4) is 0 Å². The normalized spacial score (nSPS) is 45.6. The van der Waals surface area contributed by atoms with Gasteiger partial charge in [0.2, 0.25) is 5.91 Å². The van der Waals surface area contributed by atoms with Crippen molar-refractivity contribution in [3.63, 3.8) is 0 Å². The Morgan fingerprint density at radius 1 is 1.00 bits per heavy atom. The maximum absolute atomic E-state index is 13.6. The molecule has 4 bridgehead atoms. The fourth-order valence-electron chi connectivity index (χ4n) is 7.38. The summed E-state index contributed by atoms with van der Waals surface area (Å²) in [6.07, 6.45) is 10.0. The van der Waals surface area contributed by atoms with Crippen molar-refractivity contribution in [1.82, 2.24) is 5.32 Å². The molecule has 1 amide bonds. The highest BCUT2D eigenvalue weighted by Gasteiger charge is 2.63. The molecule has 5 fully saturated rings. The minimum atomic E-state index is -0.131. The molecule has 0 radical (unpaired) electrons. The molecule has 5 aliphatic rings. The first-order chi connectivity index (χ1) is 13.0. The average molecular weight is 367 g/mol. The van der Waals surface area contributed by atoms with Gasteiger partial charge in [-0.1, -0.05) is 37.3 Å². The Morgan fingerprint density at radius 2 is 1.63 bits per heavy atom. The molecule has 0 heterocycles. The van der Waals surface area contributed by atoms with Crippen molar-refractivity contribution in [2.75, 3.05) is 0 Å². The van der Waals surface area contributed by atoms with Crippen molar-refractivity contribution in [2.24, 2.45) is 28.9 Å². The molecule has 3 N–H and O–H groups in total. The summed E-state index contributed by atoms with van der Waals surface area (Å²) in [6.45, 7) is 2.44. The van der Waals surface area contributed by atoms with Crippen LogP contribution in [0.1, 0.15) is 70.3 Å². The van der Waals surface area contributed by atoms with Gasteiger partial charge in [-0.15, -0.1) is 0 Å². The Labute approximate surface area is 163 Å². The number of hydrogen-bond acceptors (Lipinski definition) is 2. The maximum Gasteiger partial charge on any atom is 0.226 e. The number of carbonyl (C=O) groups excluding carboxylic acids is 1. The molecule has 1 aromatic carbocycles. The Hall–Kier alpha value is -1.35. The molecule has 1 aromatic rings. The smallest absolute Gasteiger partial charge is 0.226 e. The van der Waals surface area contributed by atoms with Crippen LogP contribution in [0.3, 0.4) is 0 Å². The predicted molar refractivity (Wildman–Crippen MR) is 108 cm³/mol. The maximum atomic E-state index is 13.6. The number of hydrogen-bond donors (Lipinski definition) is 2. The number of nitrogens with one attached hydrogen (secondary N) is 1. The molecule has 0 saturated heterocycles.